The maximum absolute atomic E-state index is 15.0. The topological polar surface area (TPSA) is 214 Å². The zero-order chi connectivity index (χ0) is 58.0. The second-order valence-corrected chi connectivity index (χ2v) is 20.1. The van der Waals surface area contributed by atoms with Crippen molar-refractivity contribution in [1.29, 1.82) is 0 Å². The summed E-state index contributed by atoms with van der Waals surface area (Å²) >= 11 is 0. The molecule has 82 heavy (non-hydrogen) atoms. The first-order valence-electron chi connectivity index (χ1n) is 27.3. The molecule has 3 aromatic carbocycles. The number of hydrogen-bond donors (Lipinski definition) is 4. The molecule has 0 radical (unpaired) electrons. The van der Waals surface area contributed by atoms with Crippen molar-refractivity contribution in [3.63, 3.8) is 0 Å². The Morgan fingerprint density at radius 1 is 0.744 bits per heavy atom. The van der Waals surface area contributed by atoms with Gasteiger partial charge in [-0.05, 0) is 116 Å². The van der Waals surface area contributed by atoms with E-state index >= 15 is 4.79 Å². The van der Waals surface area contributed by atoms with E-state index in [1.165, 1.54) is 20.5 Å². The Morgan fingerprint density at radius 3 is 2.15 bits per heavy atom. The van der Waals surface area contributed by atoms with Crippen molar-refractivity contribution in [3.05, 3.63) is 159 Å². The van der Waals surface area contributed by atoms with Crippen LogP contribution in [0.1, 0.15) is 113 Å². The van der Waals surface area contributed by atoms with Gasteiger partial charge >= 0.3 is 11.9 Å². The van der Waals surface area contributed by atoms with E-state index in [9.17, 15) is 9.59 Å². The third-order valence-corrected chi connectivity index (χ3v) is 15.0. The van der Waals surface area contributed by atoms with Crippen LogP contribution in [0.15, 0.2) is 91.8 Å². The van der Waals surface area contributed by atoms with E-state index in [4.69, 9.17) is 38.4 Å². The van der Waals surface area contributed by atoms with Crippen molar-refractivity contribution in [2.75, 3.05) is 60.2 Å². The number of methoxy groups -OCH3 is 4. The Morgan fingerprint density at radius 2 is 1.44 bits per heavy atom. The van der Waals surface area contributed by atoms with Gasteiger partial charge in [-0.3, -0.25) is 19.4 Å². The van der Waals surface area contributed by atoms with Gasteiger partial charge in [0, 0.05) is 106 Å². The first kappa shape index (κ1) is 57.6. The van der Waals surface area contributed by atoms with Gasteiger partial charge in [-0.1, -0.05) is 56.5 Å². The number of carbonyl (C=O) groups excluding carboxylic acids is 3. The van der Waals surface area contributed by atoms with Crippen LogP contribution in [0, 0.1) is 25.7 Å². The number of aromatic amines is 2. The van der Waals surface area contributed by atoms with E-state index in [0.717, 1.165) is 84.2 Å². The SMILES string of the molecule is C=Cc1c(C)c2cc3nc(c(CC(=O)OC)c4nc(cc5[nH]c(cc1[nH]2)c(C)c5CC)C(C)=C4C(=O)NCc1cccc(C#Cc2cccc(Nc4ncnc5cc(OCCOC)c(OCCOC)cc45)c2)c1)[C@@H](CCC(=O)OC)[C@@H]3C. The van der Waals surface area contributed by atoms with Gasteiger partial charge in [0.1, 0.15) is 25.4 Å². The lowest BCUT2D eigenvalue weighted by atomic mass is 9.84. The Kier molecular flexibility index (Phi) is 18.3. The minimum absolute atomic E-state index is 0.106. The van der Waals surface area contributed by atoms with E-state index in [-0.39, 0.29) is 37.2 Å². The summed E-state index contributed by atoms with van der Waals surface area (Å²) in [4.78, 5) is 68.4. The van der Waals surface area contributed by atoms with Crippen LogP contribution in [-0.2, 0) is 52.7 Å². The molecule has 2 aliphatic heterocycles. The van der Waals surface area contributed by atoms with Gasteiger partial charge in [-0.2, -0.15) is 0 Å². The lowest BCUT2D eigenvalue weighted by Crippen LogP contribution is -2.25. The molecule has 2 atom stereocenters. The van der Waals surface area contributed by atoms with Crippen molar-refractivity contribution in [3.8, 4) is 23.3 Å². The lowest BCUT2D eigenvalue weighted by Gasteiger charge is -2.18. The number of benzene rings is 3. The molecule has 0 unspecified atom stereocenters. The molecule has 422 valence electrons. The number of H-pyrrole nitrogens is 2. The molecule has 0 saturated heterocycles. The summed E-state index contributed by atoms with van der Waals surface area (Å²) in [7, 11) is 5.93. The number of nitrogens with zero attached hydrogens (tertiary/aromatic N) is 4. The van der Waals surface area contributed by atoms with Gasteiger partial charge in [0.05, 0.1) is 62.0 Å². The molecule has 17 nitrogen and oxygen atoms in total. The molecule has 8 bridgehead atoms. The molecule has 0 spiro atoms. The molecule has 2 aliphatic rings. The number of fused-ring (bicyclic) bond motifs is 9. The van der Waals surface area contributed by atoms with Gasteiger partial charge in [-0.15, -0.1) is 0 Å². The predicted octanol–water partition coefficient (Wildman–Crippen LogP) is 11.1. The summed E-state index contributed by atoms with van der Waals surface area (Å²) < 4.78 is 32.8. The standard InChI is InChI=1S/C65H68N8O9/c1-11-45-37(3)50-31-52-39(5)47(21-22-59(74)79-9)62(72-52)49(30-60(75)80-10)63-61(40(6)53(73-63)33-56-46(12-2)38(4)51(71-56)32-55(45)70-50)65(76)66-35-43-17-13-15-41(27-43)19-20-42-16-14-18-44(28-42)69-64-48-29-57(81-25-23-77-7)58(82-26-24-78-8)34-54(48)67-36-68-64/h11,13-18,27-29,31-34,36,39,47,70-71H,1,12,21-26,30,35H2,2-10H3,(H,66,76)(H,67,68,69)/t39-,47-/m0/s1. The van der Waals surface area contributed by atoms with Crippen LogP contribution in [0.25, 0.3) is 50.2 Å². The normalized spacial score (nSPS) is 13.8. The molecule has 17 heteroatoms. The molecule has 1 amide bonds. The van der Waals surface area contributed by atoms with E-state index in [1.807, 2.05) is 92.7 Å². The predicted molar refractivity (Wildman–Crippen MR) is 319 cm³/mol. The summed E-state index contributed by atoms with van der Waals surface area (Å²) in [5, 5.41) is 7.34. The minimum atomic E-state index is -0.534. The number of aromatic nitrogens is 6. The van der Waals surface area contributed by atoms with E-state index in [1.54, 1.807) is 14.2 Å². The first-order chi connectivity index (χ1) is 39.7. The monoisotopic (exact) mass is 1100 g/mol. The van der Waals surface area contributed by atoms with Crippen LogP contribution in [0.2, 0.25) is 0 Å². The van der Waals surface area contributed by atoms with Crippen LogP contribution in [0.4, 0.5) is 11.5 Å². The number of aryl methyl sites for hydroxylation is 3. The van der Waals surface area contributed by atoms with Crippen molar-refractivity contribution in [2.24, 2.45) is 0 Å². The van der Waals surface area contributed by atoms with Crippen LogP contribution in [0.5, 0.6) is 11.5 Å². The lowest BCUT2D eigenvalue weighted by molar-refractivity contribution is -0.141. The molecule has 0 fully saturated rings. The largest absolute Gasteiger partial charge is 0.487 e. The maximum atomic E-state index is 15.0. The Labute approximate surface area is 476 Å². The van der Waals surface area contributed by atoms with Crippen LogP contribution in [0.3, 0.4) is 0 Å². The quantitative estimate of drug-likeness (QED) is 0.0318. The average Bonchev–Trinajstić information content (AvgIpc) is 3.61. The number of rotatable bonds is 20. The summed E-state index contributed by atoms with van der Waals surface area (Å²) in [5.74, 6) is 6.37. The average molecular weight is 1110 g/mol. The zero-order valence-corrected chi connectivity index (χ0v) is 47.8. The number of hydrogen-bond acceptors (Lipinski definition) is 14. The first-order valence-corrected chi connectivity index (χ1v) is 27.3. The number of amides is 1. The molecule has 0 saturated carbocycles. The number of carbonyl (C=O) groups is 3. The Hall–Kier alpha value is -9.11. The number of anilines is 2. The Balaban J connectivity index is 1.05. The number of ether oxygens (including phenoxy) is 6. The van der Waals surface area contributed by atoms with Gasteiger partial charge in [0.25, 0.3) is 5.91 Å². The van der Waals surface area contributed by atoms with Crippen LogP contribution >= 0.6 is 0 Å². The van der Waals surface area contributed by atoms with Crippen LogP contribution < -0.4 is 20.1 Å². The van der Waals surface area contributed by atoms with Crippen molar-refractivity contribution < 1.29 is 42.8 Å². The summed E-state index contributed by atoms with van der Waals surface area (Å²) in [6.45, 7) is 16.0. The van der Waals surface area contributed by atoms with Crippen molar-refractivity contribution in [1.82, 2.24) is 35.2 Å². The summed E-state index contributed by atoms with van der Waals surface area (Å²) in [5.41, 5.74) is 14.9. The van der Waals surface area contributed by atoms with Gasteiger partial charge in [0.2, 0.25) is 0 Å². The fourth-order valence-corrected chi connectivity index (χ4v) is 10.5. The third-order valence-electron chi connectivity index (χ3n) is 15.0. The van der Waals surface area contributed by atoms with Gasteiger partial charge < -0.3 is 49.0 Å². The molecular formula is C65H68N8O9. The number of esters is 2. The highest BCUT2D eigenvalue weighted by Crippen LogP contribution is 2.44. The molecule has 4 N–H and O–H groups in total. The molecule has 4 aromatic heterocycles. The van der Waals surface area contributed by atoms with E-state index in [2.05, 4.69) is 75.8 Å². The van der Waals surface area contributed by atoms with Crippen molar-refractivity contribution in [2.45, 2.75) is 78.7 Å². The van der Waals surface area contributed by atoms with E-state index in [0.29, 0.717) is 89.5 Å². The highest BCUT2D eigenvalue weighted by molar-refractivity contribution is 6.27. The minimum Gasteiger partial charge on any atom is -0.487 e. The zero-order valence-electron chi connectivity index (χ0n) is 47.8. The van der Waals surface area contributed by atoms with Crippen molar-refractivity contribution >= 4 is 79.5 Å². The molecule has 7 aromatic rings. The number of allylic oxidation sites excluding steroid dienone is 1. The van der Waals surface area contributed by atoms with Crippen LogP contribution in [-0.4, -0.2) is 103 Å². The summed E-state index contributed by atoms with van der Waals surface area (Å²) in [6.07, 6.45) is 4.31. The molecular weight excluding hydrogens is 1040 g/mol. The highest BCUT2D eigenvalue weighted by atomic mass is 16.6. The van der Waals surface area contributed by atoms with Gasteiger partial charge in [0.15, 0.2) is 11.5 Å². The molecule has 0 aliphatic carbocycles. The fraction of sp³-hybridized carbons (Fsp3) is 0.308. The fourth-order valence-electron chi connectivity index (χ4n) is 10.5. The smallest absolute Gasteiger partial charge is 0.310 e. The Bertz CT molecular complexity index is 3880. The highest BCUT2D eigenvalue weighted by Gasteiger charge is 2.36. The second kappa shape index (κ2) is 26.0. The number of nitrogens with one attached hydrogen (secondary N) is 4. The molecule has 6 heterocycles. The third kappa shape index (κ3) is 12.6. The molecule has 9 rings (SSSR count). The van der Waals surface area contributed by atoms with E-state index < -0.39 is 11.9 Å². The van der Waals surface area contributed by atoms with Gasteiger partial charge in [-0.25, -0.2) is 15.0 Å². The second-order valence-electron chi connectivity index (χ2n) is 20.1. The maximum Gasteiger partial charge on any atom is 0.310 e. The summed E-state index contributed by atoms with van der Waals surface area (Å²) in [6, 6.07) is 25.2.